The minimum atomic E-state index is -0.539. The molecular formula is C24H16N2O2S. The van der Waals surface area contributed by atoms with Crippen molar-refractivity contribution < 1.29 is 5.11 Å². The minimum Gasteiger partial charge on any atom is -0.510 e. The molecule has 1 N–H and O–H groups in total. The second-order valence-corrected chi connectivity index (χ2v) is 7.48. The van der Waals surface area contributed by atoms with Crippen LogP contribution in [0.25, 0.3) is 15.7 Å². The smallest absolute Gasteiger partial charge is 0.279 e. The first-order valence-corrected chi connectivity index (χ1v) is 9.84. The molecule has 0 saturated heterocycles. The topological polar surface area (TPSA) is 74.0 Å². The van der Waals surface area contributed by atoms with Crippen molar-refractivity contribution in [2.24, 2.45) is 0 Å². The Hall–Kier alpha value is -3.75. The Morgan fingerprint density at radius 2 is 1.45 bits per heavy atom. The van der Waals surface area contributed by atoms with Gasteiger partial charge in [0.15, 0.2) is 0 Å². The molecular weight excluding hydrogens is 380 g/mol. The quantitative estimate of drug-likeness (QED) is 0.376. The SMILES string of the molecule is N#CC(=C(O)C(c1ccccc1)c1ccccc1)c1nc(=O)c2ccccc2s1. The molecule has 0 saturated carbocycles. The van der Waals surface area contributed by atoms with Crippen LogP contribution in [0.5, 0.6) is 0 Å². The summed E-state index contributed by atoms with van der Waals surface area (Å²) in [5.74, 6) is -0.661. The number of nitriles is 1. The number of aliphatic hydroxyl groups is 1. The molecule has 0 bridgehead atoms. The van der Waals surface area contributed by atoms with E-state index in [1.54, 1.807) is 12.1 Å². The van der Waals surface area contributed by atoms with Crippen LogP contribution in [0.4, 0.5) is 0 Å². The van der Waals surface area contributed by atoms with Crippen molar-refractivity contribution in [3.63, 3.8) is 0 Å². The molecule has 140 valence electrons. The summed E-state index contributed by atoms with van der Waals surface area (Å²) in [5, 5.41) is 21.8. The summed E-state index contributed by atoms with van der Waals surface area (Å²) in [4.78, 5) is 16.5. The fourth-order valence-corrected chi connectivity index (χ4v) is 4.28. The van der Waals surface area contributed by atoms with E-state index >= 15 is 0 Å². The van der Waals surface area contributed by atoms with Crippen LogP contribution in [0.1, 0.15) is 22.1 Å². The maximum atomic E-state index is 12.4. The Bertz CT molecular complexity index is 1250. The van der Waals surface area contributed by atoms with Crippen molar-refractivity contribution in [3.05, 3.63) is 117 Å². The summed E-state index contributed by atoms with van der Waals surface area (Å²) < 4.78 is 0.721. The third-order valence-corrected chi connectivity index (χ3v) is 5.71. The number of allylic oxidation sites excluding steroid dienone is 2. The molecule has 4 rings (SSSR count). The molecule has 4 aromatic rings. The molecule has 0 aliphatic rings. The van der Waals surface area contributed by atoms with Crippen LogP contribution in [0.15, 0.2) is 95.5 Å². The van der Waals surface area contributed by atoms with Crippen molar-refractivity contribution in [2.45, 2.75) is 5.92 Å². The average molecular weight is 396 g/mol. The zero-order chi connectivity index (χ0) is 20.2. The number of rotatable bonds is 4. The predicted molar refractivity (Wildman–Crippen MR) is 116 cm³/mol. The van der Waals surface area contributed by atoms with E-state index in [1.165, 1.54) is 11.3 Å². The second-order valence-electron chi connectivity index (χ2n) is 6.45. The van der Waals surface area contributed by atoms with Gasteiger partial charge in [-0.1, -0.05) is 72.8 Å². The molecule has 5 heteroatoms. The van der Waals surface area contributed by atoms with Crippen LogP contribution in [-0.4, -0.2) is 10.1 Å². The number of aliphatic hydroxyl groups excluding tert-OH is 1. The lowest BCUT2D eigenvalue weighted by Gasteiger charge is -2.18. The number of hydrogen-bond donors (Lipinski definition) is 1. The van der Waals surface area contributed by atoms with E-state index in [4.69, 9.17) is 0 Å². The van der Waals surface area contributed by atoms with Crippen LogP contribution in [0.2, 0.25) is 0 Å². The molecule has 4 nitrogen and oxygen atoms in total. The molecule has 0 aliphatic carbocycles. The number of nitrogens with zero attached hydrogens (tertiary/aromatic N) is 2. The molecule has 1 heterocycles. The van der Waals surface area contributed by atoms with Crippen LogP contribution in [-0.2, 0) is 0 Å². The van der Waals surface area contributed by atoms with Gasteiger partial charge in [-0.2, -0.15) is 10.2 Å². The van der Waals surface area contributed by atoms with Gasteiger partial charge in [0, 0.05) is 4.70 Å². The molecule has 29 heavy (non-hydrogen) atoms. The van der Waals surface area contributed by atoms with Gasteiger partial charge in [-0.05, 0) is 23.3 Å². The van der Waals surface area contributed by atoms with Gasteiger partial charge in [0.2, 0.25) is 0 Å². The van der Waals surface area contributed by atoms with Gasteiger partial charge >= 0.3 is 0 Å². The lowest BCUT2D eigenvalue weighted by atomic mass is 9.88. The Kier molecular flexibility index (Phi) is 5.19. The highest BCUT2D eigenvalue weighted by atomic mass is 32.1. The first kappa shape index (κ1) is 18.6. The van der Waals surface area contributed by atoms with Gasteiger partial charge in [-0.15, -0.1) is 11.3 Å². The standard InChI is InChI=1S/C24H16N2O2S/c25-15-19(24-26-23(28)18-13-7-8-14-20(18)29-24)22(27)21(16-9-3-1-4-10-16)17-11-5-2-6-12-17/h1-14,21,27H. The molecule has 1 aromatic heterocycles. The van der Waals surface area contributed by atoms with E-state index in [1.807, 2.05) is 72.8 Å². The van der Waals surface area contributed by atoms with Gasteiger partial charge in [-0.25, -0.2) is 0 Å². The highest BCUT2D eigenvalue weighted by Crippen LogP contribution is 2.35. The van der Waals surface area contributed by atoms with Crippen LogP contribution < -0.4 is 5.56 Å². The molecule has 0 amide bonds. The normalized spacial score (nSPS) is 11.9. The molecule has 0 unspecified atom stereocenters. The summed E-state index contributed by atoms with van der Waals surface area (Å²) in [6.45, 7) is 0. The Morgan fingerprint density at radius 1 is 0.897 bits per heavy atom. The molecule has 0 atom stereocenters. The number of fused-ring (bicyclic) bond motifs is 1. The van der Waals surface area contributed by atoms with E-state index in [2.05, 4.69) is 11.1 Å². The Labute approximate surface area is 171 Å². The first-order chi connectivity index (χ1) is 14.2. The fraction of sp³-hybridized carbons (Fsp3) is 0.0417. The van der Waals surface area contributed by atoms with Crippen LogP contribution in [0.3, 0.4) is 0 Å². The molecule has 0 spiro atoms. The zero-order valence-corrected chi connectivity index (χ0v) is 16.1. The highest BCUT2D eigenvalue weighted by Gasteiger charge is 2.24. The maximum Gasteiger partial charge on any atom is 0.279 e. The summed E-state index contributed by atoms with van der Waals surface area (Å²) in [7, 11) is 0. The Morgan fingerprint density at radius 3 is 2.03 bits per heavy atom. The monoisotopic (exact) mass is 396 g/mol. The largest absolute Gasteiger partial charge is 0.510 e. The first-order valence-electron chi connectivity index (χ1n) is 9.02. The van der Waals surface area contributed by atoms with Crippen molar-refractivity contribution in [2.75, 3.05) is 0 Å². The minimum absolute atomic E-state index is 0.00978. The molecule has 0 radical (unpaired) electrons. The maximum absolute atomic E-state index is 12.4. The zero-order valence-electron chi connectivity index (χ0n) is 15.3. The fourth-order valence-electron chi connectivity index (χ4n) is 3.28. The third kappa shape index (κ3) is 3.66. The van der Waals surface area contributed by atoms with E-state index in [-0.39, 0.29) is 16.3 Å². The summed E-state index contributed by atoms with van der Waals surface area (Å²) >= 11 is 1.22. The predicted octanol–water partition coefficient (Wildman–Crippen LogP) is 5.28. The van der Waals surface area contributed by atoms with E-state index in [0.717, 1.165) is 15.8 Å². The number of benzene rings is 3. The van der Waals surface area contributed by atoms with Gasteiger partial charge in [0.25, 0.3) is 5.56 Å². The summed E-state index contributed by atoms with van der Waals surface area (Å²) in [6.07, 6.45) is 0. The van der Waals surface area contributed by atoms with Gasteiger partial charge in [0.05, 0.1) is 11.3 Å². The van der Waals surface area contributed by atoms with Gasteiger partial charge < -0.3 is 5.11 Å². The van der Waals surface area contributed by atoms with Crippen molar-refractivity contribution in [3.8, 4) is 6.07 Å². The molecule has 0 aliphatic heterocycles. The van der Waals surface area contributed by atoms with E-state index < -0.39 is 11.5 Å². The summed E-state index contributed by atoms with van der Waals surface area (Å²) in [5.41, 5.74) is 1.29. The second kappa shape index (κ2) is 8.09. The van der Waals surface area contributed by atoms with Crippen molar-refractivity contribution in [1.82, 2.24) is 4.98 Å². The summed E-state index contributed by atoms with van der Waals surface area (Å²) in [6, 6.07) is 28.1. The average Bonchev–Trinajstić information content (AvgIpc) is 2.76. The van der Waals surface area contributed by atoms with E-state index in [9.17, 15) is 15.2 Å². The lowest BCUT2D eigenvalue weighted by molar-refractivity contribution is 0.385. The van der Waals surface area contributed by atoms with Crippen molar-refractivity contribution in [1.29, 1.82) is 5.26 Å². The number of aromatic nitrogens is 1. The van der Waals surface area contributed by atoms with Crippen LogP contribution in [0, 0.1) is 11.3 Å². The third-order valence-electron chi connectivity index (χ3n) is 4.65. The van der Waals surface area contributed by atoms with Crippen molar-refractivity contribution >= 4 is 27.0 Å². The molecule has 3 aromatic carbocycles. The van der Waals surface area contributed by atoms with E-state index in [0.29, 0.717) is 5.39 Å². The Balaban J connectivity index is 1.94. The van der Waals surface area contributed by atoms with Gasteiger partial charge in [-0.3, -0.25) is 4.79 Å². The lowest BCUT2D eigenvalue weighted by Crippen LogP contribution is -2.10. The van der Waals surface area contributed by atoms with Crippen LogP contribution >= 0.6 is 11.3 Å². The molecule has 0 fully saturated rings. The van der Waals surface area contributed by atoms with Gasteiger partial charge in [0.1, 0.15) is 22.4 Å². The highest BCUT2D eigenvalue weighted by molar-refractivity contribution is 7.19. The number of hydrogen-bond acceptors (Lipinski definition) is 5.